The van der Waals surface area contributed by atoms with Gasteiger partial charge in [0.05, 0.1) is 23.9 Å². The van der Waals surface area contributed by atoms with E-state index in [9.17, 15) is 24.3 Å². The Morgan fingerprint density at radius 1 is 1.20 bits per heavy atom. The molecular weight excluding hydrogens is 514 g/mol. The van der Waals surface area contributed by atoms with Crippen molar-refractivity contribution >= 4 is 23.7 Å². The first kappa shape index (κ1) is 31.5. The Hall–Kier alpha value is -3.05. The first-order chi connectivity index (χ1) is 18.8. The molecule has 2 heterocycles. The lowest BCUT2D eigenvalue weighted by atomic mass is 9.75. The number of hydrogen-bond donors (Lipinski definition) is 4. The second-order valence-electron chi connectivity index (χ2n) is 12.6. The number of pyridine rings is 1. The van der Waals surface area contributed by atoms with E-state index >= 15 is 0 Å². The molecule has 4 atom stereocenters. The van der Waals surface area contributed by atoms with Gasteiger partial charge in [-0.15, -0.1) is 0 Å². The van der Waals surface area contributed by atoms with Gasteiger partial charge in [0.2, 0.25) is 17.7 Å². The molecule has 2 fully saturated rings. The number of nitrogens with zero attached hydrogens (tertiary/aromatic N) is 2. The fraction of sp³-hybridized carbons (Fsp3) is 0.690. The quantitative estimate of drug-likeness (QED) is 0.320. The summed E-state index contributed by atoms with van der Waals surface area (Å²) in [5.74, 6) is -2.06. The standard InChI is InChI=1S/C29H45N5O6/c1-28(2,3)15-24(36)34-17-19(14-22(34)25(30)20-10-6-9-13-31-20)40-18-23(35)32-16-21(26(37)38)33-27(39)29(4)11-7-5-8-12-29/h6,9-10,13,19,21-22,25H,5,7-8,11-12,14-18,30H2,1-4H3,(H,32,35)(H,33,39)(H,37,38). The number of likely N-dealkylation sites (tertiary alicyclic amines) is 1. The van der Waals surface area contributed by atoms with Crippen LogP contribution >= 0.6 is 0 Å². The van der Waals surface area contributed by atoms with Crippen molar-refractivity contribution in [3.63, 3.8) is 0 Å². The molecule has 0 bridgehead atoms. The molecule has 222 valence electrons. The van der Waals surface area contributed by atoms with Crippen LogP contribution in [0.1, 0.15) is 84.4 Å². The zero-order chi connectivity index (χ0) is 29.5. The first-order valence-corrected chi connectivity index (χ1v) is 14.2. The van der Waals surface area contributed by atoms with Gasteiger partial charge < -0.3 is 31.1 Å². The average Bonchev–Trinajstić information content (AvgIpc) is 3.33. The van der Waals surface area contributed by atoms with Crippen LogP contribution in [0.2, 0.25) is 0 Å². The van der Waals surface area contributed by atoms with Crippen molar-refractivity contribution in [2.24, 2.45) is 16.6 Å². The fourth-order valence-corrected chi connectivity index (χ4v) is 5.45. The molecule has 3 rings (SSSR count). The van der Waals surface area contributed by atoms with E-state index < -0.39 is 35.5 Å². The highest BCUT2D eigenvalue weighted by Crippen LogP contribution is 2.36. The molecule has 11 heteroatoms. The highest BCUT2D eigenvalue weighted by molar-refractivity contribution is 5.88. The van der Waals surface area contributed by atoms with Crippen LogP contribution in [-0.4, -0.2) is 76.6 Å². The predicted molar refractivity (Wildman–Crippen MR) is 149 cm³/mol. The number of nitrogens with one attached hydrogen (secondary N) is 2. The smallest absolute Gasteiger partial charge is 0.328 e. The van der Waals surface area contributed by atoms with Gasteiger partial charge in [-0.1, -0.05) is 53.0 Å². The molecule has 1 aromatic heterocycles. The van der Waals surface area contributed by atoms with Gasteiger partial charge in [0.1, 0.15) is 12.6 Å². The molecule has 0 aromatic carbocycles. The Labute approximate surface area is 236 Å². The molecule has 1 saturated carbocycles. The maximum Gasteiger partial charge on any atom is 0.328 e. The van der Waals surface area contributed by atoms with E-state index in [2.05, 4.69) is 15.6 Å². The lowest BCUT2D eigenvalue weighted by Crippen LogP contribution is -2.53. The Bertz CT molecular complexity index is 1040. The molecular formula is C29H45N5O6. The lowest BCUT2D eigenvalue weighted by Gasteiger charge is -2.33. The average molecular weight is 560 g/mol. The second-order valence-corrected chi connectivity index (χ2v) is 12.6. The van der Waals surface area contributed by atoms with Crippen LogP contribution < -0.4 is 16.4 Å². The van der Waals surface area contributed by atoms with E-state index in [1.165, 1.54) is 0 Å². The molecule has 11 nitrogen and oxygen atoms in total. The number of hydrogen-bond acceptors (Lipinski definition) is 7. The number of nitrogens with two attached hydrogens (primary N) is 1. The summed E-state index contributed by atoms with van der Waals surface area (Å²) < 4.78 is 5.86. The van der Waals surface area contributed by atoms with E-state index in [1.54, 1.807) is 17.2 Å². The van der Waals surface area contributed by atoms with Crippen LogP contribution in [0.25, 0.3) is 0 Å². The van der Waals surface area contributed by atoms with Crippen molar-refractivity contribution in [1.82, 2.24) is 20.5 Å². The highest BCUT2D eigenvalue weighted by atomic mass is 16.5. The number of aliphatic carboxylic acids is 1. The zero-order valence-corrected chi connectivity index (χ0v) is 24.2. The summed E-state index contributed by atoms with van der Waals surface area (Å²) in [7, 11) is 0. The number of rotatable bonds is 11. The maximum absolute atomic E-state index is 13.2. The number of carbonyl (C=O) groups excluding carboxylic acids is 3. The van der Waals surface area contributed by atoms with Crippen LogP contribution in [0.4, 0.5) is 0 Å². The summed E-state index contributed by atoms with van der Waals surface area (Å²) >= 11 is 0. The van der Waals surface area contributed by atoms with Gasteiger partial charge in [0, 0.05) is 31.1 Å². The summed E-state index contributed by atoms with van der Waals surface area (Å²) in [5.41, 5.74) is 6.41. The molecule has 0 spiro atoms. The predicted octanol–water partition coefficient (Wildman–Crippen LogP) is 2.16. The summed E-state index contributed by atoms with van der Waals surface area (Å²) in [6.07, 6.45) is 6.39. The topological polar surface area (TPSA) is 164 Å². The number of carboxylic acids is 1. The van der Waals surface area contributed by atoms with E-state index in [4.69, 9.17) is 10.5 Å². The molecule has 1 aromatic rings. The molecule has 5 N–H and O–H groups in total. The van der Waals surface area contributed by atoms with E-state index in [1.807, 2.05) is 39.8 Å². The summed E-state index contributed by atoms with van der Waals surface area (Å²) in [6, 6.07) is 3.37. The summed E-state index contributed by atoms with van der Waals surface area (Å²) in [5, 5.41) is 14.8. The van der Waals surface area contributed by atoms with Gasteiger partial charge in [-0.25, -0.2) is 4.79 Å². The van der Waals surface area contributed by atoms with Gasteiger partial charge in [-0.2, -0.15) is 0 Å². The van der Waals surface area contributed by atoms with Crippen LogP contribution in [0.3, 0.4) is 0 Å². The molecule has 3 amide bonds. The molecule has 1 aliphatic heterocycles. The minimum Gasteiger partial charge on any atom is -0.480 e. The van der Waals surface area contributed by atoms with E-state index in [0.717, 1.165) is 19.3 Å². The van der Waals surface area contributed by atoms with Gasteiger partial charge >= 0.3 is 5.97 Å². The van der Waals surface area contributed by atoms with E-state index in [0.29, 0.717) is 37.9 Å². The molecule has 1 aliphatic carbocycles. The Morgan fingerprint density at radius 2 is 1.90 bits per heavy atom. The van der Waals surface area contributed by atoms with Crippen LogP contribution in [0.5, 0.6) is 0 Å². The maximum atomic E-state index is 13.2. The summed E-state index contributed by atoms with van der Waals surface area (Å²) in [4.78, 5) is 56.4. The highest BCUT2D eigenvalue weighted by Gasteiger charge is 2.41. The Balaban J connectivity index is 1.55. The lowest BCUT2D eigenvalue weighted by molar-refractivity contribution is -0.144. The number of carbonyl (C=O) groups is 4. The minimum absolute atomic E-state index is 0.0360. The van der Waals surface area contributed by atoms with Crippen molar-refractivity contribution < 1.29 is 29.0 Å². The Morgan fingerprint density at radius 3 is 2.50 bits per heavy atom. The van der Waals surface area contributed by atoms with Crippen LogP contribution in [0.15, 0.2) is 24.4 Å². The van der Waals surface area contributed by atoms with E-state index in [-0.39, 0.29) is 36.4 Å². The normalized spacial score (nSPS) is 22.3. The second kappa shape index (κ2) is 13.5. The molecule has 1 saturated heterocycles. The molecule has 40 heavy (non-hydrogen) atoms. The van der Waals surface area contributed by atoms with Crippen molar-refractivity contribution in [3.05, 3.63) is 30.1 Å². The van der Waals surface area contributed by atoms with Crippen molar-refractivity contribution in [3.8, 4) is 0 Å². The van der Waals surface area contributed by atoms with Crippen LogP contribution in [-0.2, 0) is 23.9 Å². The number of carboxylic acid groups (broad SMARTS) is 1. The number of aromatic nitrogens is 1. The summed E-state index contributed by atoms with van der Waals surface area (Å²) in [6.45, 7) is 7.57. The minimum atomic E-state index is -1.24. The van der Waals surface area contributed by atoms with Gasteiger partial charge in [-0.3, -0.25) is 19.4 Å². The van der Waals surface area contributed by atoms with Crippen molar-refractivity contribution in [2.45, 2.75) is 96.9 Å². The van der Waals surface area contributed by atoms with Crippen molar-refractivity contribution in [1.29, 1.82) is 0 Å². The first-order valence-electron chi connectivity index (χ1n) is 14.2. The van der Waals surface area contributed by atoms with Crippen LogP contribution in [0, 0.1) is 10.8 Å². The monoisotopic (exact) mass is 559 g/mol. The largest absolute Gasteiger partial charge is 0.480 e. The molecule has 4 unspecified atom stereocenters. The number of amides is 3. The fourth-order valence-electron chi connectivity index (χ4n) is 5.45. The molecule has 2 aliphatic rings. The molecule has 0 radical (unpaired) electrons. The Kier molecular flexibility index (Phi) is 10.7. The van der Waals surface area contributed by atoms with Crippen molar-refractivity contribution in [2.75, 3.05) is 19.7 Å². The number of ether oxygens (including phenoxy) is 1. The van der Waals surface area contributed by atoms with Gasteiger partial charge in [-0.05, 0) is 36.8 Å². The zero-order valence-electron chi connectivity index (χ0n) is 24.2. The third-order valence-electron chi connectivity index (χ3n) is 7.81. The SMILES string of the molecule is CC(C)(C)CC(=O)N1CC(OCC(=O)NCC(NC(=O)C2(C)CCCCC2)C(=O)O)CC1C(N)c1ccccn1. The third-order valence-corrected chi connectivity index (χ3v) is 7.81. The van der Waals surface area contributed by atoms with Gasteiger partial charge in [0.25, 0.3) is 0 Å². The van der Waals surface area contributed by atoms with Gasteiger partial charge in [0.15, 0.2) is 0 Å². The third kappa shape index (κ3) is 8.72.